The molecule has 2 rings (SSSR count). The van der Waals surface area contributed by atoms with E-state index in [9.17, 15) is 14.5 Å². The molecule has 1 aromatic carbocycles. The summed E-state index contributed by atoms with van der Waals surface area (Å²) >= 11 is 0. The molecule has 9 heteroatoms. The summed E-state index contributed by atoms with van der Waals surface area (Å²) in [5.41, 5.74) is 2.52. The van der Waals surface area contributed by atoms with Gasteiger partial charge in [-0.25, -0.2) is 20.2 Å². The normalized spacial score (nSPS) is 10.2. The number of hydrogen-bond acceptors (Lipinski definition) is 7. The predicted molar refractivity (Wildman–Crippen MR) is 72.0 cm³/mol. The van der Waals surface area contributed by atoms with Gasteiger partial charge in [0.15, 0.2) is 11.6 Å². The average Bonchev–Trinajstić information content (AvgIpc) is 2.45. The number of nitro groups is 1. The van der Waals surface area contributed by atoms with Crippen LogP contribution in [-0.2, 0) is 6.61 Å². The summed E-state index contributed by atoms with van der Waals surface area (Å²) in [4.78, 5) is 18.2. The molecule has 2 aromatic rings. The van der Waals surface area contributed by atoms with Crippen molar-refractivity contribution < 1.29 is 14.1 Å². The third-order valence-corrected chi connectivity index (χ3v) is 2.54. The van der Waals surface area contributed by atoms with Gasteiger partial charge in [-0.3, -0.25) is 10.1 Å². The second-order valence-corrected chi connectivity index (χ2v) is 4.09. The summed E-state index contributed by atoms with van der Waals surface area (Å²) in [6, 6.07) is 5.07. The average molecular weight is 293 g/mol. The van der Waals surface area contributed by atoms with E-state index in [2.05, 4.69) is 15.4 Å². The van der Waals surface area contributed by atoms with Gasteiger partial charge in [0, 0.05) is 17.8 Å². The Labute approximate surface area is 118 Å². The highest BCUT2D eigenvalue weighted by atomic mass is 19.1. The van der Waals surface area contributed by atoms with Crippen LogP contribution in [-0.4, -0.2) is 14.9 Å². The number of aryl methyl sites for hydroxylation is 1. The molecule has 0 saturated carbocycles. The molecule has 0 atom stereocenters. The standard InChI is InChI=1S/C12H12FN5O3/c1-7-5-10(17-14)16-11(15-7)6-21-12-8(13)3-2-4-9(12)18(19)20/h2-5H,6,14H2,1H3,(H,15,16,17). The van der Waals surface area contributed by atoms with E-state index < -0.39 is 22.2 Å². The van der Waals surface area contributed by atoms with Crippen LogP contribution in [0.15, 0.2) is 24.3 Å². The van der Waals surface area contributed by atoms with Crippen molar-refractivity contribution >= 4 is 11.5 Å². The molecule has 0 radical (unpaired) electrons. The molecule has 0 spiro atoms. The quantitative estimate of drug-likeness (QED) is 0.489. The number of ether oxygens (including phenoxy) is 1. The first-order valence-electron chi connectivity index (χ1n) is 5.88. The number of para-hydroxylation sites is 1. The molecule has 0 aliphatic carbocycles. The van der Waals surface area contributed by atoms with E-state index in [1.54, 1.807) is 13.0 Å². The lowest BCUT2D eigenvalue weighted by Gasteiger charge is -2.08. The Balaban J connectivity index is 2.24. The van der Waals surface area contributed by atoms with Gasteiger partial charge in [0.05, 0.1) is 4.92 Å². The minimum atomic E-state index is -0.825. The summed E-state index contributed by atoms with van der Waals surface area (Å²) < 4.78 is 18.8. The monoisotopic (exact) mass is 293 g/mol. The largest absolute Gasteiger partial charge is 0.477 e. The van der Waals surface area contributed by atoms with Gasteiger partial charge in [-0.05, 0) is 13.0 Å². The summed E-state index contributed by atoms with van der Waals surface area (Å²) in [6.45, 7) is 1.50. The molecule has 0 unspecified atom stereocenters. The molecule has 8 nitrogen and oxygen atoms in total. The van der Waals surface area contributed by atoms with Crippen LogP contribution in [0.3, 0.4) is 0 Å². The van der Waals surface area contributed by atoms with Gasteiger partial charge in [-0.1, -0.05) is 6.07 Å². The molecule has 1 heterocycles. The van der Waals surface area contributed by atoms with E-state index in [4.69, 9.17) is 10.6 Å². The lowest BCUT2D eigenvalue weighted by atomic mass is 10.3. The maximum absolute atomic E-state index is 13.6. The van der Waals surface area contributed by atoms with Crippen molar-refractivity contribution in [1.82, 2.24) is 9.97 Å². The third kappa shape index (κ3) is 3.39. The van der Waals surface area contributed by atoms with Crippen molar-refractivity contribution in [3.05, 3.63) is 51.7 Å². The van der Waals surface area contributed by atoms with Gasteiger partial charge in [0.25, 0.3) is 0 Å². The zero-order valence-corrected chi connectivity index (χ0v) is 11.0. The summed E-state index contributed by atoms with van der Waals surface area (Å²) in [5, 5.41) is 10.8. The van der Waals surface area contributed by atoms with Crippen LogP contribution in [0.1, 0.15) is 11.5 Å². The van der Waals surface area contributed by atoms with Crippen molar-refractivity contribution in [3.63, 3.8) is 0 Å². The number of nitro benzene ring substituents is 1. The molecule has 110 valence electrons. The number of hydrogen-bond donors (Lipinski definition) is 2. The minimum absolute atomic E-state index is 0.223. The molecule has 0 fully saturated rings. The molecule has 0 bridgehead atoms. The van der Waals surface area contributed by atoms with Crippen LogP contribution < -0.4 is 16.0 Å². The molecule has 3 N–H and O–H groups in total. The molecule has 0 aliphatic heterocycles. The van der Waals surface area contributed by atoms with Gasteiger partial charge >= 0.3 is 5.69 Å². The van der Waals surface area contributed by atoms with Gasteiger partial charge in [0.1, 0.15) is 12.4 Å². The number of hydrazine groups is 1. The number of nitrogens with one attached hydrogen (secondary N) is 1. The molecule has 1 aromatic heterocycles. The second kappa shape index (κ2) is 6.09. The Morgan fingerprint density at radius 1 is 1.48 bits per heavy atom. The van der Waals surface area contributed by atoms with Crippen molar-refractivity contribution in [3.8, 4) is 5.75 Å². The highest BCUT2D eigenvalue weighted by Gasteiger charge is 2.19. The fraction of sp³-hybridized carbons (Fsp3) is 0.167. The third-order valence-electron chi connectivity index (χ3n) is 2.54. The van der Waals surface area contributed by atoms with Gasteiger partial charge in [0.2, 0.25) is 5.75 Å². The number of halogens is 1. The number of nitrogens with two attached hydrogens (primary N) is 1. The molecular formula is C12H12FN5O3. The summed E-state index contributed by atoms with van der Waals surface area (Å²) in [6.07, 6.45) is 0. The number of nitrogens with zero attached hydrogens (tertiary/aromatic N) is 3. The van der Waals surface area contributed by atoms with Gasteiger partial charge < -0.3 is 10.2 Å². The molecule has 0 saturated heterocycles. The van der Waals surface area contributed by atoms with E-state index in [0.29, 0.717) is 11.5 Å². The Morgan fingerprint density at radius 3 is 2.90 bits per heavy atom. The number of benzene rings is 1. The maximum Gasteiger partial charge on any atom is 0.314 e. The van der Waals surface area contributed by atoms with Crippen molar-refractivity contribution in [1.29, 1.82) is 0 Å². The predicted octanol–water partition coefficient (Wildman–Crippen LogP) is 1.70. The minimum Gasteiger partial charge on any atom is -0.477 e. The molecule has 21 heavy (non-hydrogen) atoms. The van der Waals surface area contributed by atoms with Crippen LogP contribution in [0.5, 0.6) is 5.75 Å². The molecular weight excluding hydrogens is 281 g/mol. The maximum atomic E-state index is 13.6. The highest BCUT2D eigenvalue weighted by Crippen LogP contribution is 2.30. The number of anilines is 1. The Kier molecular flexibility index (Phi) is 4.24. The molecule has 0 amide bonds. The lowest BCUT2D eigenvalue weighted by Crippen LogP contribution is -2.12. The van der Waals surface area contributed by atoms with Crippen LogP contribution in [0.2, 0.25) is 0 Å². The summed E-state index contributed by atoms with van der Waals surface area (Å²) in [5.74, 6) is 4.57. The van der Waals surface area contributed by atoms with E-state index in [-0.39, 0.29) is 12.4 Å². The zero-order chi connectivity index (χ0) is 15.4. The highest BCUT2D eigenvalue weighted by molar-refractivity contribution is 5.47. The van der Waals surface area contributed by atoms with E-state index in [1.807, 2.05) is 0 Å². The van der Waals surface area contributed by atoms with E-state index in [1.165, 1.54) is 6.07 Å². The van der Waals surface area contributed by atoms with E-state index >= 15 is 0 Å². The zero-order valence-electron chi connectivity index (χ0n) is 11.0. The Hall–Kier alpha value is -2.81. The fourth-order valence-corrected chi connectivity index (χ4v) is 1.69. The number of aromatic nitrogens is 2. The Morgan fingerprint density at radius 2 is 2.24 bits per heavy atom. The van der Waals surface area contributed by atoms with Crippen LogP contribution in [0.25, 0.3) is 0 Å². The van der Waals surface area contributed by atoms with Crippen molar-refractivity contribution in [2.24, 2.45) is 5.84 Å². The Bertz CT molecular complexity index is 680. The second-order valence-electron chi connectivity index (χ2n) is 4.09. The van der Waals surface area contributed by atoms with Crippen LogP contribution in [0.4, 0.5) is 15.9 Å². The van der Waals surface area contributed by atoms with Crippen molar-refractivity contribution in [2.75, 3.05) is 5.43 Å². The number of rotatable bonds is 5. The van der Waals surface area contributed by atoms with Crippen LogP contribution >= 0.6 is 0 Å². The number of nitrogen functional groups attached to an aromatic ring is 1. The summed E-state index contributed by atoms with van der Waals surface area (Å²) in [7, 11) is 0. The molecule has 0 aliphatic rings. The van der Waals surface area contributed by atoms with Crippen LogP contribution in [0, 0.1) is 22.9 Å². The van der Waals surface area contributed by atoms with Gasteiger partial charge in [-0.15, -0.1) is 0 Å². The smallest absolute Gasteiger partial charge is 0.314 e. The first-order chi connectivity index (χ1) is 10.0. The SMILES string of the molecule is Cc1cc(NN)nc(COc2c(F)cccc2[N+](=O)[O-])n1. The first-order valence-corrected chi connectivity index (χ1v) is 5.88. The lowest BCUT2D eigenvalue weighted by molar-refractivity contribution is -0.386. The first kappa shape index (κ1) is 14.6. The van der Waals surface area contributed by atoms with E-state index in [0.717, 1.165) is 12.1 Å². The fourth-order valence-electron chi connectivity index (χ4n) is 1.69. The topological polar surface area (TPSA) is 116 Å². The van der Waals surface area contributed by atoms with Gasteiger partial charge in [-0.2, -0.15) is 0 Å². The van der Waals surface area contributed by atoms with Crippen molar-refractivity contribution in [2.45, 2.75) is 13.5 Å².